The predicted molar refractivity (Wildman–Crippen MR) is 82.5 cm³/mol. The number of ketones is 1. The first-order chi connectivity index (χ1) is 9.93. The summed E-state index contributed by atoms with van der Waals surface area (Å²) in [5, 5.41) is 2.25. The van der Waals surface area contributed by atoms with Crippen LogP contribution in [0.1, 0.15) is 20.8 Å². The van der Waals surface area contributed by atoms with E-state index in [1.165, 1.54) is 56.1 Å². The van der Waals surface area contributed by atoms with Gasteiger partial charge in [-0.05, 0) is 13.8 Å². The van der Waals surface area contributed by atoms with E-state index in [0.29, 0.717) is 0 Å². The standard InChI is InChI=1S/C3H7NO2.C3H6O2.C3H6O.C2H8N2O2S/c1-4-3(5)6-2;1-3(4)5-2;1-3(2)4;1-3-7(5,6)4-2/h1-2H3,(H,4,5);1-2H3;1-2H3;3-4H,1-2H3. The van der Waals surface area contributed by atoms with Crippen LogP contribution in [0.2, 0.25) is 0 Å². The molecule has 22 heavy (non-hydrogen) atoms. The van der Waals surface area contributed by atoms with Crippen LogP contribution in [0.15, 0.2) is 0 Å². The molecule has 3 N–H and O–H groups in total. The summed E-state index contributed by atoms with van der Waals surface area (Å²) in [5.41, 5.74) is 0. The minimum atomic E-state index is -3.16. The fourth-order valence-corrected chi connectivity index (χ4v) is 0.408. The Morgan fingerprint density at radius 1 is 0.818 bits per heavy atom. The Balaban J connectivity index is -0.000000100. The number of Topliss-reactive ketones (excluding diaryl/α,β-unsaturated/α-hetero) is 1. The minimum absolute atomic E-state index is 0.167. The molecule has 11 heteroatoms. The van der Waals surface area contributed by atoms with Crippen molar-refractivity contribution in [1.82, 2.24) is 14.8 Å². The molecule has 0 unspecified atom stereocenters. The highest BCUT2D eigenvalue weighted by molar-refractivity contribution is 7.87. The Labute approximate surface area is 132 Å². The third kappa shape index (κ3) is 51.7. The van der Waals surface area contributed by atoms with Gasteiger partial charge >= 0.3 is 12.1 Å². The molecule has 0 saturated carbocycles. The van der Waals surface area contributed by atoms with E-state index in [2.05, 4.69) is 24.2 Å². The van der Waals surface area contributed by atoms with E-state index in [4.69, 9.17) is 0 Å². The largest absolute Gasteiger partial charge is 0.469 e. The first-order valence-corrected chi connectivity index (χ1v) is 7.31. The summed E-state index contributed by atoms with van der Waals surface area (Å²) >= 11 is 0. The summed E-state index contributed by atoms with van der Waals surface area (Å²) in [5.74, 6) is -0.0787. The lowest BCUT2D eigenvalue weighted by Crippen LogP contribution is -2.30. The number of amides is 1. The number of rotatable bonds is 2. The molecule has 0 fully saturated rings. The molecule has 0 rings (SSSR count). The van der Waals surface area contributed by atoms with Gasteiger partial charge in [0.05, 0.1) is 14.2 Å². The summed E-state index contributed by atoms with van der Waals surface area (Å²) in [6, 6.07) is 0. The van der Waals surface area contributed by atoms with Crippen LogP contribution >= 0.6 is 0 Å². The van der Waals surface area contributed by atoms with E-state index in [-0.39, 0.29) is 11.8 Å². The van der Waals surface area contributed by atoms with Crippen molar-refractivity contribution in [3.63, 3.8) is 0 Å². The van der Waals surface area contributed by atoms with Gasteiger partial charge in [0.1, 0.15) is 5.78 Å². The zero-order valence-electron chi connectivity index (χ0n) is 14.3. The fourth-order valence-electron chi connectivity index (χ4n) is 0.204. The number of carbonyl (C=O) groups is 3. The topological polar surface area (TPSA) is 140 Å². The summed E-state index contributed by atoms with van der Waals surface area (Å²) in [6.45, 7) is 4.42. The highest BCUT2D eigenvalue weighted by Gasteiger charge is 1.96. The van der Waals surface area contributed by atoms with Crippen molar-refractivity contribution in [1.29, 1.82) is 0 Å². The molecule has 0 radical (unpaired) electrons. The second kappa shape index (κ2) is 19.3. The third-order valence-corrected chi connectivity index (χ3v) is 2.29. The molecule has 0 atom stereocenters. The van der Waals surface area contributed by atoms with Gasteiger partial charge in [-0.3, -0.25) is 4.79 Å². The second-order valence-corrected chi connectivity index (χ2v) is 5.08. The molecule has 0 aromatic heterocycles. The van der Waals surface area contributed by atoms with Gasteiger partial charge in [0, 0.05) is 28.1 Å². The molecule has 0 spiro atoms. The van der Waals surface area contributed by atoms with E-state index in [0.717, 1.165) is 0 Å². The number of methoxy groups -OCH3 is 2. The molecule has 0 bridgehead atoms. The third-order valence-electron chi connectivity index (χ3n) is 1.21. The van der Waals surface area contributed by atoms with E-state index in [9.17, 15) is 22.8 Å². The number of nitrogens with one attached hydrogen (secondary N) is 3. The molecule has 1 amide bonds. The number of ether oxygens (including phenoxy) is 2. The number of carbonyl (C=O) groups excluding carboxylic acids is 3. The van der Waals surface area contributed by atoms with Gasteiger partial charge in [-0.15, -0.1) is 0 Å². The van der Waals surface area contributed by atoms with E-state index >= 15 is 0 Å². The van der Waals surface area contributed by atoms with E-state index < -0.39 is 16.3 Å². The molecule has 0 aliphatic rings. The fraction of sp³-hybridized carbons (Fsp3) is 0.727. The monoisotopic (exact) mass is 345 g/mol. The number of alkyl carbamates (subject to hydrolysis) is 1. The van der Waals surface area contributed by atoms with Crippen molar-refractivity contribution < 1.29 is 32.3 Å². The lowest BCUT2D eigenvalue weighted by molar-refractivity contribution is -0.137. The Morgan fingerprint density at radius 3 is 1.09 bits per heavy atom. The molecular weight excluding hydrogens is 318 g/mol. The number of hydrogen-bond acceptors (Lipinski definition) is 7. The van der Waals surface area contributed by atoms with E-state index in [1.807, 2.05) is 0 Å². The molecule has 0 heterocycles. The number of hydrogen-bond donors (Lipinski definition) is 3. The van der Waals surface area contributed by atoms with Gasteiger partial charge in [0.2, 0.25) is 0 Å². The highest BCUT2D eigenvalue weighted by Crippen LogP contribution is 1.63. The molecule has 0 aliphatic carbocycles. The SMILES string of the molecule is CC(C)=O.CNC(=O)OC.CNS(=O)(=O)NC.COC(C)=O. The maximum Gasteiger partial charge on any atom is 0.406 e. The van der Waals surface area contributed by atoms with Crippen molar-refractivity contribution in [2.24, 2.45) is 0 Å². The van der Waals surface area contributed by atoms with Gasteiger partial charge in [-0.25, -0.2) is 14.2 Å². The molecule has 0 aromatic rings. The molecule has 10 nitrogen and oxygen atoms in total. The van der Waals surface area contributed by atoms with Crippen LogP contribution in [0.4, 0.5) is 4.79 Å². The average Bonchev–Trinajstić information content (AvgIpc) is 2.47. The first-order valence-electron chi connectivity index (χ1n) is 5.83. The van der Waals surface area contributed by atoms with Crippen LogP contribution in [-0.2, 0) is 29.3 Å². The zero-order valence-corrected chi connectivity index (χ0v) is 15.1. The van der Waals surface area contributed by atoms with Crippen molar-refractivity contribution in [3.8, 4) is 0 Å². The molecule has 0 aliphatic heterocycles. The summed E-state index contributed by atoms with van der Waals surface area (Å²) in [7, 11) is 3.69. The van der Waals surface area contributed by atoms with Crippen LogP contribution in [0.25, 0.3) is 0 Å². The predicted octanol–water partition coefficient (Wildman–Crippen LogP) is -0.583. The van der Waals surface area contributed by atoms with Crippen LogP contribution in [-0.4, -0.2) is 61.6 Å². The lowest BCUT2D eigenvalue weighted by Gasteiger charge is -1.94. The second-order valence-electron chi connectivity index (χ2n) is 3.26. The Bertz CT molecular complexity index is 376. The van der Waals surface area contributed by atoms with Crippen molar-refractivity contribution in [3.05, 3.63) is 0 Å². The Hall–Kier alpha value is -1.72. The van der Waals surface area contributed by atoms with Crippen molar-refractivity contribution in [2.45, 2.75) is 20.8 Å². The normalized spacial score (nSPS) is 8.36. The van der Waals surface area contributed by atoms with Gasteiger partial charge in [0.15, 0.2) is 0 Å². The van der Waals surface area contributed by atoms with E-state index in [1.54, 1.807) is 0 Å². The summed E-state index contributed by atoms with van der Waals surface area (Å²) < 4.78 is 32.7. The maximum absolute atomic E-state index is 10.1. The maximum atomic E-state index is 10.1. The quantitative estimate of drug-likeness (QED) is 0.569. The Morgan fingerprint density at radius 2 is 1.09 bits per heavy atom. The molecule has 0 saturated heterocycles. The Kier molecular flexibility index (Phi) is 24.9. The summed E-state index contributed by atoms with van der Waals surface area (Å²) in [6.07, 6.45) is -0.407. The minimum Gasteiger partial charge on any atom is -0.469 e. The first kappa shape index (κ1) is 28.4. The van der Waals surface area contributed by atoms with Gasteiger partial charge in [0.25, 0.3) is 10.2 Å². The van der Waals surface area contributed by atoms with Crippen LogP contribution in [0.5, 0.6) is 0 Å². The summed E-state index contributed by atoms with van der Waals surface area (Å²) in [4.78, 5) is 28.9. The van der Waals surface area contributed by atoms with Gasteiger partial charge in [-0.1, -0.05) is 0 Å². The van der Waals surface area contributed by atoms with Crippen LogP contribution < -0.4 is 14.8 Å². The zero-order chi connectivity index (χ0) is 18.8. The van der Waals surface area contributed by atoms with Crippen LogP contribution in [0.3, 0.4) is 0 Å². The molecular formula is C11H27N3O7S. The van der Waals surface area contributed by atoms with Crippen molar-refractivity contribution in [2.75, 3.05) is 35.4 Å². The molecule has 134 valence electrons. The van der Waals surface area contributed by atoms with Gasteiger partial charge in [-0.2, -0.15) is 8.42 Å². The molecule has 0 aromatic carbocycles. The average molecular weight is 345 g/mol. The number of esters is 1. The highest BCUT2D eigenvalue weighted by atomic mass is 32.2. The lowest BCUT2D eigenvalue weighted by atomic mass is 10.6. The van der Waals surface area contributed by atoms with Crippen LogP contribution in [0, 0.1) is 0 Å². The smallest absolute Gasteiger partial charge is 0.406 e. The van der Waals surface area contributed by atoms with Gasteiger partial charge < -0.3 is 19.6 Å². The van der Waals surface area contributed by atoms with Crippen molar-refractivity contribution >= 4 is 28.1 Å².